The third-order valence-electron chi connectivity index (χ3n) is 3.38. The SMILES string of the molecule is O=C(Oc1ccc(O)c(-c2ccccc2O)c1)c1ccccc1. The molecule has 4 nitrogen and oxygen atoms in total. The van der Waals surface area contributed by atoms with Gasteiger partial charge in [0.05, 0.1) is 5.56 Å². The molecule has 23 heavy (non-hydrogen) atoms. The summed E-state index contributed by atoms with van der Waals surface area (Å²) >= 11 is 0. The van der Waals surface area contributed by atoms with Crippen molar-refractivity contribution in [2.24, 2.45) is 0 Å². The first-order chi connectivity index (χ1) is 11.1. The monoisotopic (exact) mass is 306 g/mol. The molecule has 0 saturated carbocycles. The first kappa shape index (κ1) is 14.7. The van der Waals surface area contributed by atoms with E-state index in [1.807, 2.05) is 6.07 Å². The molecule has 3 rings (SSSR count). The highest BCUT2D eigenvalue weighted by molar-refractivity contribution is 5.91. The molecule has 0 aliphatic carbocycles. The van der Waals surface area contributed by atoms with E-state index in [0.717, 1.165) is 0 Å². The van der Waals surface area contributed by atoms with Crippen LogP contribution in [0.5, 0.6) is 17.2 Å². The molecule has 0 aliphatic heterocycles. The standard InChI is InChI=1S/C19H14O4/c20-17-9-5-4-8-15(17)16-12-14(10-11-18(16)21)23-19(22)13-6-2-1-3-7-13/h1-12,20-21H. The summed E-state index contributed by atoms with van der Waals surface area (Å²) in [5.74, 6) is -0.172. The number of ether oxygens (including phenoxy) is 1. The highest BCUT2D eigenvalue weighted by atomic mass is 16.5. The average molecular weight is 306 g/mol. The van der Waals surface area contributed by atoms with E-state index in [4.69, 9.17) is 4.74 Å². The van der Waals surface area contributed by atoms with Gasteiger partial charge in [0, 0.05) is 11.1 Å². The lowest BCUT2D eigenvalue weighted by Gasteiger charge is -2.10. The molecule has 0 unspecified atom stereocenters. The number of aromatic hydroxyl groups is 2. The Morgan fingerprint density at radius 1 is 0.739 bits per heavy atom. The molecule has 0 atom stereocenters. The van der Waals surface area contributed by atoms with E-state index in [-0.39, 0.29) is 17.2 Å². The molecule has 114 valence electrons. The van der Waals surface area contributed by atoms with Gasteiger partial charge in [-0.15, -0.1) is 0 Å². The third kappa shape index (κ3) is 3.16. The fourth-order valence-electron chi connectivity index (χ4n) is 2.24. The van der Waals surface area contributed by atoms with Crippen molar-refractivity contribution in [3.05, 3.63) is 78.4 Å². The molecule has 0 aliphatic rings. The molecule has 0 saturated heterocycles. The third-order valence-corrected chi connectivity index (χ3v) is 3.38. The summed E-state index contributed by atoms with van der Waals surface area (Å²) < 4.78 is 5.33. The van der Waals surface area contributed by atoms with Gasteiger partial charge < -0.3 is 14.9 Å². The normalized spacial score (nSPS) is 10.3. The molecule has 3 aromatic rings. The zero-order chi connectivity index (χ0) is 16.2. The predicted molar refractivity (Wildman–Crippen MR) is 86.6 cm³/mol. The Kier molecular flexibility index (Phi) is 3.97. The van der Waals surface area contributed by atoms with Gasteiger partial charge in [-0.1, -0.05) is 36.4 Å². The smallest absolute Gasteiger partial charge is 0.343 e. The summed E-state index contributed by atoms with van der Waals surface area (Å²) in [6.07, 6.45) is 0. The van der Waals surface area contributed by atoms with Crippen LogP contribution in [0.25, 0.3) is 11.1 Å². The minimum absolute atomic E-state index is 0.00832. The van der Waals surface area contributed by atoms with Gasteiger partial charge >= 0.3 is 5.97 Å². The van der Waals surface area contributed by atoms with Crippen LogP contribution >= 0.6 is 0 Å². The summed E-state index contributed by atoms with van der Waals surface area (Å²) in [5.41, 5.74) is 1.29. The lowest BCUT2D eigenvalue weighted by atomic mass is 10.0. The molecule has 0 spiro atoms. The molecule has 3 aromatic carbocycles. The second kappa shape index (κ2) is 6.23. The van der Waals surface area contributed by atoms with Crippen LogP contribution in [0.15, 0.2) is 72.8 Å². The second-order valence-electron chi connectivity index (χ2n) is 4.95. The first-order valence-electron chi connectivity index (χ1n) is 7.04. The zero-order valence-electron chi connectivity index (χ0n) is 12.1. The number of para-hydroxylation sites is 1. The molecule has 0 amide bonds. The van der Waals surface area contributed by atoms with Crippen LogP contribution in [0.2, 0.25) is 0 Å². The zero-order valence-corrected chi connectivity index (χ0v) is 12.1. The van der Waals surface area contributed by atoms with Gasteiger partial charge in [0.2, 0.25) is 0 Å². The molecule has 0 radical (unpaired) electrons. The van der Waals surface area contributed by atoms with E-state index < -0.39 is 5.97 Å². The number of hydrogen-bond donors (Lipinski definition) is 2. The average Bonchev–Trinajstić information content (AvgIpc) is 2.58. The fourth-order valence-corrected chi connectivity index (χ4v) is 2.24. The Balaban J connectivity index is 1.92. The van der Waals surface area contributed by atoms with E-state index in [1.165, 1.54) is 24.3 Å². The van der Waals surface area contributed by atoms with Crippen LogP contribution < -0.4 is 4.74 Å². The highest BCUT2D eigenvalue weighted by Crippen LogP contribution is 2.37. The number of phenolic OH excluding ortho intramolecular Hbond substituents is 2. The van der Waals surface area contributed by atoms with Crippen molar-refractivity contribution in [3.8, 4) is 28.4 Å². The quantitative estimate of drug-likeness (QED) is 0.567. The summed E-state index contributed by atoms with van der Waals surface area (Å²) in [5, 5.41) is 19.9. The minimum atomic E-state index is -0.487. The van der Waals surface area contributed by atoms with Crippen LogP contribution in [-0.2, 0) is 0 Å². The van der Waals surface area contributed by atoms with Gasteiger partial charge in [0.15, 0.2) is 0 Å². The van der Waals surface area contributed by atoms with Gasteiger partial charge in [0.25, 0.3) is 0 Å². The number of carbonyl (C=O) groups excluding carboxylic acids is 1. The van der Waals surface area contributed by atoms with Gasteiger partial charge in [-0.2, -0.15) is 0 Å². The molecule has 0 aromatic heterocycles. The molecule has 0 fully saturated rings. The molecule has 4 heteroatoms. The van der Waals surface area contributed by atoms with Gasteiger partial charge in [-0.3, -0.25) is 0 Å². The van der Waals surface area contributed by atoms with Crippen LogP contribution in [0.3, 0.4) is 0 Å². The number of carbonyl (C=O) groups is 1. The largest absolute Gasteiger partial charge is 0.507 e. The Labute approximate surface area is 133 Å². The second-order valence-corrected chi connectivity index (χ2v) is 4.95. The van der Waals surface area contributed by atoms with Crippen LogP contribution in [0.4, 0.5) is 0 Å². The Morgan fingerprint density at radius 3 is 2.13 bits per heavy atom. The van der Waals surface area contributed by atoms with E-state index >= 15 is 0 Å². The van der Waals surface area contributed by atoms with E-state index in [9.17, 15) is 15.0 Å². The first-order valence-corrected chi connectivity index (χ1v) is 7.04. The Morgan fingerprint density at radius 2 is 1.39 bits per heavy atom. The topological polar surface area (TPSA) is 66.8 Å². The van der Waals surface area contributed by atoms with Gasteiger partial charge in [-0.05, 0) is 36.4 Å². The Hall–Kier alpha value is -3.27. The van der Waals surface area contributed by atoms with E-state index in [2.05, 4.69) is 0 Å². The number of esters is 1. The van der Waals surface area contributed by atoms with Gasteiger partial charge in [-0.25, -0.2) is 4.79 Å². The van der Waals surface area contributed by atoms with Crippen molar-refractivity contribution in [2.75, 3.05) is 0 Å². The highest BCUT2D eigenvalue weighted by Gasteiger charge is 2.13. The van der Waals surface area contributed by atoms with Gasteiger partial charge in [0.1, 0.15) is 17.2 Å². The van der Waals surface area contributed by atoms with E-state index in [0.29, 0.717) is 16.7 Å². The number of phenols is 2. The maximum atomic E-state index is 12.1. The van der Waals surface area contributed by atoms with Crippen LogP contribution in [0, 0.1) is 0 Å². The number of hydrogen-bond acceptors (Lipinski definition) is 4. The molecule has 0 bridgehead atoms. The molecule has 0 heterocycles. The maximum absolute atomic E-state index is 12.1. The lowest BCUT2D eigenvalue weighted by molar-refractivity contribution is 0.0734. The predicted octanol–water partition coefficient (Wildman–Crippen LogP) is 3.98. The van der Waals surface area contributed by atoms with Crippen LogP contribution in [-0.4, -0.2) is 16.2 Å². The van der Waals surface area contributed by atoms with Crippen molar-refractivity contribution in [2.45, 2.75) is 0 Å². The number of benzene rings is 3. The number of rotatable bonds is 3. The van der Waals surface area contributed by atoms with E-state index in [1.54, 1.807) is 42.5 Å². The molecule has 2 N–H and O–H groups in total. The van der Waals surface area contributed by atoms with Crippen LogP contribution in [0.1, 0.15) is 10.4 Å². The summed E-state index contributed by atoms with van der Waals surface area (Å²) in [6.45, 7) is 0. The van der Waals surface area contributed by atoms with Crippen molar-refractivity contribution in [1.82, 2.24) is 0 Å². The maximum Gasteiger partial charge on any atom is 0.343 e. The fraction of sp³-hybridized carbons (Fsp3) is 0. The summed E-state index contributed by atoms with van der Waals surface area (Å²) in [7, 11) is 0. The molecular formula is C19H14O4. The van der Waals surface area contributed by atoms with Crippen molar-refractivity contribution >= 4 is 5.97 Å². The van der Waals surface area contributed by atoms with Crippen molar-refractivity contribution in [1.29, 1.82) is 0 Å². The summed E-state index contributed by atoms with van der Waals surface area (Å²) in [6, 6.07) is 19.7. The van der Waals surface area contributed by atoms with Crippen molar-refractivity contribution < 1.29 is 19.7 Å². The van der Waals surface area contributed by atoms with Crippen molar-refractivity contribution in [3.63, 3.8) is 0 Å². The Bertz CT molecular complexity index is 841. The summed E-state index contributed by atoms with van der Waals surface area (Å²) in [4.78, 5) is 12.1. The minimum Gasteiger partial charge on any atom is -0.507 e. The molecular weight excluding hydrogens is 292 g/mol. The lowest BCUT2D eigenvalue weighted by Crippen LogP contribution is -2.08.